The van der Waals surface area contributed by atoms with Gasteiger partial charge in [-0.15, -0.1) is 21.5 Å². The number of hydrogen-bond donors (Lipinski definition) is 1. The molecule has 3 aromatic rings. The summed E-state index contributed by atoms with van der Waals surface area (Å²) < 4.78 is 29.7. The third kappa shape index (κ3) is 2.77. The number of aromatic nitrogens is 3. The molecule has 0 aliphatic rings. The maximum Gasteiger partial charge on any atom is 0.250 e. The van der Waals surface area contributed by atoms with Crippen molar-refractivity contribution >= 4 is 27.0 Å². The van der Waals surface area contributed by atoms with E-state index in [2.05, 4.69) is 14.9 Å². The fourth-order valence-corrected chi connectivity index (χ4v) is 4.70. The van der Waals surface area contributed by atoms with Gasteiger partial charge in [0.15, 0.2) is 11.5 Å². The molecule has 3 heterocycles. The van der Waals surface area contributed by atoms with E-state index in [0.29, 0.717) is 15.7 Å². The molecular weight excluding hydrogens is 320 g/mol. The minimum Gasteiger partial charge on any atom is -0.285 e. The zero-order valence-corrected chi connectivity index (χ0v) is 13.9. The van der Waals surface area contributed by atoms with Crippen LogP contribution in [0.1, 0.15) is 30.6 Å². The van der Waals surface area contributed by atoms with Crippen LogP contribution in [0.25, 0.3) is 5.65 Å². The normalized spacial score (nSPS) is 13.5. The van der Waals surface area contributed by atoms with Gasteiger partial charge in [0.25, 0.3) is 10.0 Å². The Hall–Kier alpha value is -1.77. The minimum absolute atomic E-state index is 0.324. The van der Waals surface area contributed by atoms with E-state index in [9.17, 15) is 8.42 Å². The van der Waals surface area contributed by atoms with Gasteiger partial charge in [-0.3, -0.25) is 4.40 Å². The molecule has 116 valence electrons. The summed E-state index contributed by atoms with van der Waals surface area (Å²) in [6.07, 6.45) is 2.64. The van der Waals surface area contributed by atoms with E-state index in [-0.39, 0.29) is 0 Å². The van der Waals surface area contributed by atoms with Crippen LogP contribution in [0.4, 0.5) is 0 Å². The van der Waals surface area contributed by atoms with Gasteiger partial charge < -0.3 is 0 Å². The van der Waals surface area contributed by atoms with Gasteiger partial charge in [-0.05, 0) is 37.6 Å². The minimum atomic E-state index is -3.56. The van der Waals surface area contributed by atoms with Crippen LogP contribution in [-0.2, 0) is 16.4 Å². The molecule has 0 aliphatic heterocycles. The lowest BCUT2D eigenvalue weighted by molar-refractivity contribution is 0.560. The monoisotopic (exact) mass is 336 g/mol. The molecule has 6 nitrogen and oxygen atoms in total. The van der Waals surface area contributed by atoms with Gasteiger partial charge in [0, 0.05) is 11.1 Å². The van der Waals surface area contributed by atoms with Crippen LogP contribution >= 0.6 is 11.3 Å². The van der Waals surface area contributed by atoms with E-state index >= 15 is 0 Å². The summed E-state index contributed by atoms with van der Waals surface area (Å²) in [5.74, 6) is 0.562. The lowest BCUT2D eigenvalue weighted by atomic mass is 10.3. The molecule has 1 atom stereocenters. The van der Waals surface area contributed by atoms with Crippen molar-refractivity contribution in [3.8, 4) is 0 Å². The molecule has 1 N–H and O–H groups in total. The van der Waals surface area contributed by atoms with Crippen molar-refractivity contribution in [2.75, 3.05) is 0 Å². The second kappa shape index (κ2) is 5.79. The van der Waals surface area contributed by atoms with E-state index in [1.165, 1.54) is 11.3 Å². The number of sulfonamides is 1. The molecule has 8 heteroatoms. The summed E-state index contributed by atoms with van der Waals surface area (Å²) in [5.41, 5.74) is 0.688. The summed E-state index contributed by atoms with van der Waals surface area (Å²) in [4.78, 5) is 1.04. The van der Waals surface area contributed by atoms with Gasteiger partial charge >= 0.3 is 0 Å². The maximum absolute atomic E-state index is 12.4. The molecule has 0 aromatic carbocycles. The third-order valence-corrected chi connectivity index (χ3v) is 6.57. The van der Waals surface area contributed by atoms with Crippen molar-refractivity contribution in [3.63, 3.8) is 0 Å². The van der Waals surface area contributed by atoms with Gasteiger partial charge in [0.1, 0.15) is 4.21 Å². The van der Waals surface area contributed by atoms with Crippen molar-refractivity contribution in [3.05, 3.63) is 47.2 Å². The van der Waals surface area contributed by atoms with Gasteiger partial charge in [-0.25, -0.2) is 8.42 Å². The highest BCUT2D eigenvalue weighted by Gasteiger charge is 2.23. The van der Waals surface area contributed by atoms with Crippen LogP contribution in [0.3, 0.4) is 0 Å². The van der Waals surface area contributed by atoms with Crippen molar-refractivity contribution in [2.24, 2.45) is 0 Å². The van der Waals surface area contributed by atoms with Gasteiger partial charge in [-0.1, -0.05) is 13.0 Å². The molecule has 0 fully saturated rings. The molecule has 0 bridgehead atoms. The Morgan fingerprint density at radius 1 is 1.27 bits per heavy atom. The van der Waals surface area contributed by atoms with E-state index in [4.69, 9.17) is 0 Å². The lowest BCUT2D eigenvalue weighted by Crippen LogP contribution is -2.27. The van der Waals surface area contributed by atoms with Crippen LogP contribution in [0, 0.1) is 0 Å². The number of nitrogens with zero attached hydrogens (tertiary/aromatic N) is 3. The quantitative estimate of drug-likeness (QED) is 0.776. The molecule has 3 rings (SSSR count). The topological polar surface area (TPSA) is 76.4 Å². The number of pyridine rings is 1. The Balaban J connectivity index is 1.88. The highest BCUT2D eigenvalue weighted by atomic mass is 32.2. The predicted octanol–water partition coefficient (Wildman–Crippen LogP) is 2.39. The molecule has 0 radical (unpaired) electrons. The number of aryl methyl sites for hydroxylation is 1. The largest absolute Gasteiger partial charge is 0.285 e. The fraction of sp³-hybridized carbons (Fsp3) is 0.286. The Morgan fingerprint density at radius 2 is 2.09 bits per heavy atom. The molecule has 3 aromatic heterocycles. The number of hydrogen-bond acceptors (Lipinski definition) is 5. The molecule has 0 saturated carbocycles. The van der Waals surface area contributed by atoms with Gasteiger partial charge in [-0.2, -0.15) is 4.72 Å². The molecule has 0 aliphatic carbocycles. The van der Waals surface area contributed by atoms with E-state index in [0.717, 1.165) is 11.3 Å². The molecule has 0 spiro atoms. The maximum atomic E-state index is 12.4. The average molecular weight is 336 g/mol. The smallest absolute Gasteiger partial charge is 0.250 e. The van der Waals surface area contributed by atoms with Crippen molar-refractivity contribution in [2.45, 2.75) is 30.5 Å². The standard InChI is InChI=1S/C14H16N4O2S2/c1-3-11-7-8-13(21-11)22(19,20)17-10(2)14-16-15-12-6-4-5-9-18(12)14/h4-10,17H,3H2,1-2H3/t10-/m0/s1. The summed E-state index contributed by atoms with van der Waals surface area (Å²) in [6, 6.07) is 8.55. The van der Waals surface area contributed by atoms with E-state index < -0.39 is 16.1 Å². The van der Waals surface area contributed by atoms with Crippen LogP contribution in [0.5, 0.6) is 0 Å². The molecule has 0 unspecified atom stereocenters. The summed E-state index contributed by atoms with van der Waals surface area (Å²) in [6.45, 7) is 3.76. The third-order valence-electron chi connectivity index (χ3n) is 3.31. The Morgan fingerprint density at radius 3 is 2.82 bits per heavy atom. The van der Waals surface area contributed by atoms with Crippen LogP contribution in [-0.4, -0.2) is 23.0 Å². The second-order valence-electron chi connectivity index (χ2n) is 4.90. The number of nitrogens with one attached hydrogen (secondary N) is 1. The van der Waals surface area contributed by atoms with E-state index in [1.807, 2.05) is 37.4 Å². The highest BCUT2D eigenvalue weighted by Crippen LogP contribution is 2.23. The van der Waals surface area contributed by atoms with Crippen molar-refractivity contribution in [1.29, 1.82) is 0 Å². The summed E-state index contributed by atoms with van der Waals surface area (Å²) >= 11 is 1.29. The summed E-state index contributed by atoms with van der Waals surface area (Å²) in [5, 5.41) is 8.12. The first-order chi connectivity index (χ1) is 10.5. The Bertz CT molecular complexity index is 898. The first-order valence-electron chi connectivity index (χ1n) is 6.92. The number of rotatable bonds is 5. The average Bonchev–Trinajstić information content (AvgIpc) is 3.14. The SMILES string of the molecule is CCc1ccc(S(=O)(=O)N[C@@H](C)c2nnc3ccccn23)s1. The van der Waals surface area contributed by atoms with Crippen LogP contribution in [0.15, 0.2) is 40.7 Å². The molecule has 0 saturated heterocycles. The first-order valence-corrected chi connectivity index (χ1v) is 9.22. The zero-order chi connectivity index (χ0) is 15.7. The van der Waals surface area contributed by atoms with Crippen LogP contribution in [0.2, 0.25) is 0 Å². The van der Waals surface area contributed by atoms with E-state index in [1.54, 1.807) is 17.4 Å². The zero-order valence-electron chi connectivity index (χ0n) is 12.2. The molecule has 22 heavy (non-hydrogen) atoms. The first kappa shape index (κ1) is 15.1. The highest BCUT2D eigenvalue weighted by molar-refractivity contribution is 7.91. The predicted molar refractivity (Wildman–Crippen MR) is 85.4 cm³/mol. The summed E-state index contributed by atoms with van der Waals surface area (Å²) in [7, 11) is -3.56. The van der Waals surface area contributed by atoms with Gasteiger partial charge in [0.2, 0.25) is 0 Å². The fourth-order valence-electron chi connectivity index (χ4n) is 2.19. The van der Waals surface area contributed by atoms with Gasteiger partial charge in [0.05, 0.1) is 6.04 Å². The van der Waals surface area contributed by atoms with Crippen molar-refractivity contribution in [1.82, 2.24) is 19.3 Å². The second-order valence-corrected chi connectivity index (χ2v) is 8.01. The Kier molecular flexibility index (Phi) is 3.98. The molecular formula is C14H16N4O2S2. The number of thiophene rings is 1. The Labute approximate surface area is 132 Å². The number of fused-ring (bicyclic) bond motifs is 1. The molecule has 0 amide bonds. The lowest BCUT2D eigenvalue weighted by Gasteiger charge is -2.11. The van der Waals surface area contributed by atoms with Crippen molar-refractivity contribution < 1.29 is 8.42 Å². The van der Waals surface area contributed by atoms with Crippen LogP contribution < -0.4 is 4.72 Å².